The maximum Gasteiger partial charge on any atom is 0.219 e. The van der Waals surface area contributed by atoms with E-state index in [1.165, 1.54) is 12.1 Å². The van der Waals surface area contributed by atoms with Crippen LogP contribution in [0, 0.1) is 12.7 Å². The van der Waals surface area contributed by atoms with Crippen LogP contribution in [-0.4, -0.2) is 60.5 Å². The number of hydrogen-bond acceptors (Lipinski definition) is 5. The third-order valence-corrected chi connectivity index (χ3v) is 7.78. The Morgan fingerprint density at radius 2 is 1.92 bits per heavy atom. The lowest BCUT2D eigenvalue weighted by Crippen LogP contribution is -2.48. The van der Waals surface area contributed by atoms with Crippen molar-refractivity contribution in [1.29, 1.82) is 0 Å². The lowest BCUT2D eigenvalue weighted by atomic mass is 10.0. The summed E-state index contributed by atoms with van der Waals surface area (Å²) < 4.78 is 18.2. The van der Waals surface area contributed by atoms with Crippen molar-refractivity contribution < 1.29 is 9.18 Å². The number of carbonyl (C=O) groups is 1. The molecule has 2 aliphatic heterocycles. The summed E-state index contributed by atoms with van der Waals surface area (Å²) in [6.07, 6.45) is 4.74. The summed E-state index contributed by atoms with van der Waals surface area (Å²) >= 11 is 0. The van der Waals surface area contributed by atoms with Gasteiger partial charge in [0.25, 0.3) is 0 Å². The van der Waals surface area contributed by atoms with Crippen LogP contribution in [0.3, 0.4) is 0 Å². The Morgan fingerprint density at radius 3 is 2.65 bits per heavy atom. The number of halogens is 1. The number of fused-ring (bicyclic) bond motifs is 4. The molecular formula is C28H26FN7O. The van der Waals surface area contributed by atoms with E-state index in [1.807, 2.05) is 53.3 Å². The van der Waals surface area contributed by atoms with Gasteiger partial charge in [-0.1, -0.05) is 18.2 Å². The molecule has 2 saturated heterocycles. The SMILES string of the molecule is CC(=O)N1C[C@H]2C[C@@H]1CN2c1ccc(-n2nc(-c3cc(F)cc4nn(C)cc34)c3cccc(C)c32)cn1. The summed E-state index contributed by atoms with van der Waals surface area (Å²) in [5.74, 6) is 0.718. The molecule has 7 rings (SSSR count). The molecule has 5 aromatic rings. The van der Waals surface area contributed by atoms with Gasteiger partial charge >= 0.3 is 0 Å². The summed E-state index contributed by atoms with van der Waals surface area (Å²) in [6.45, 7) is 5.27. The van der Waals surface area contributed by atoms with E-state index < -0.39 is 0 Å². The highest BCUT2D eigenvalue weighted by molar-refractivity contribution is 6.03. The second-order valence-corrected chi connectivity index (χ2v) is 10.2. The van der Waals surface area contributed by atoms with Crippen molar-refractivity contribution in [1.82, 2.24) is 29.4 Å². The van der Waals surface area contributed by atoms with Crippen LogP contribution in [0.5, 0.6) is 0 Å². The van der Waals surface area contributed by atoms with Crippen molar-refractivity contribution in [3.8, 4) is 16.9 Å². The lowest BCUT2D eigenvalue weighted by molar-refractivity contribution is -0.129. The highest BCUT2D eigenvalue weighted by atomic mass is 19.1. The zero-order chi connectivity index (χ0) is 25.4. The summed E-state index contributed by atoms with van der Waals surface area (Å²) in [5.41, 5.74) is 4.89. The highest BCUT2D eigenvalue weighted by Gasteiger charge is 2.44. The normalized spacial score (nSPS) is 19.0. The predicted octanol–water partition coefficient (Wildman–Crippen LogP) is 4.23. The van der Waals surface area contributed by atoms with Gasteiger partial charge in [-0.05, 0) is 37.1 Å². The molecule has 37 heavy (non-hydrogen) atoms. The van der Waals surface area contributed by atoms with Crippen molar-refractivity contribution >= 4 is 33.5 Å². The van der Waals surface area contributed by atoms with Crippen molar-refractivity contribution in [2.24, 2.45) is 7.05 Å². The number of benzene rings is 2. The molecule has 0 radical (unpaired) electrons. The fraction of sp³-hybridized carbons (Fsp3) is 0.286. The van der Waals surface area contributed by atoms with Crippen LogP contribution in [-0.2, 0) is 11.8 Å². The molecule has 186 valence electrons. The van der Waals surface area contributed by atoms with Crippen LogP contribution < -0.4 is 4.90 Å². The van der Waals surface area contributed by atoms with Crippen LogP contribution in [0.1, 0.15) is 18.9 Å². The second kappa shape index (κ2) is 7.86. The van der Waals surface area contributed by atoms with Crippen LogP contribution in [0.15, 0.2) is 54.9 Å². The van der Waals surface area contributed by atoms with Crippen LogP contribution in [0.2, 0.25) is 0 Å². The van der Waals surface area contributed by atoms with E-state index in [1.54, 1.807) is 11.6 Å². The average molecular weight is 496 g/mol. The first-order chi connectivity index (χ1) is 17.9. The third-order valence-electron chi connectivity index (χ3n) is 7.78. The number of aromatic nitrogens is 5. The molecule has 0 unspecified atom stereocenters. The topological polar surface area (TPSA) is 72.1 Å². The Hall–Kier alpha value is -4.27. The number of carbonyl (C=O) groups excluding carboxylic acids is 1. The van der Waals surface area contributed by atoms with Gasteiger partial charge in [0.15, 0.2) is 0 Å². The zero-order valence-electron chi connectivity index (χ0n) is 20.9. The standard InChI is InChI=1S/C28H26FN7O/c1-16-5-4-6-22-27(23-9-18(29)10-25-24(23)15-33(3)31-25)32-36(28(16)22)19-7-8-26(30-12-19)35-14-20-11-21(35)13-34(20)17(2)37/h4-10,12,15,20-21H,11,13-14H2,1-3H3/t20-,21-/m1/s1. The molecule has 8 nitrogen and oxygen atoms in total. The largest absolute Gasteiger partial charge is 0.350 e. The highest BCUT2D eigenvalue weighted by Crippen LogP contribution is 2.37. The number of para-hydroxylation sites is 1. The maximum absolute atomic E-state index is 14.6. The first-order valence-corrected chi connectivity index (χ1v) is 12.5. The number of aryl methyl sites for hydroxylation is 2. The van der Waals surface area contributed by atoms with E-state index in [0.29, 0.717) is 22.8 Å². The molecule has 2 atom stereocenters. The first kappa shape index (κ1) is 22.0. The number of pyridine rings is 1. The number of likely N-dealkylation sites (tertiary alicyclic amines) is 1. The molecule has 1 amide bonds. The molecule has 0 saturated carbocycles. The van der Waals surface area contributed by atoms with E-state index in [-0.39, 0.29) is 17.8 Å². The van der Waals surface area contributed by atoms with E-state index in [2.05, 4.69) is 23.0 Å². The van der Waals surface area contributed by atoms with E-state index in [4.69, 9.17) is 10.1 Å². The Bertz CT molecular complexity index is 1700. The number of rotatable bonds is 3. The Labute approximate surface area is 212 Å². The van der Waals surface area contributed by atoms with Crippen molar-refractivity contribution in [2.75, 3.05) is 18.0 Å². The number of amides is 1. The van der Waals surface area contributed by atoms with Crippen molar-refractivity contribution in [2.45, 2.75) is 32.4 Å². The van der Waals surface area contributed by atoms with E-state index >= 15 is 0 Å². The molecule has 0 N–H and O–H groups in total. The van der Waals surface area contributed by atoms with Crippen LogP contribution in [0.25, 0.3) is 38.8 Å². The van der Waals surface area contributed by atoms with Crippen molar-refractivity contribution in [3.05, 3.63) is 66.2 Å². The Kier molecular flexibility index (Phi) is 4.67. The summed E-state index contributed by atoms with van der Waals surface area (Å²) in [4.78, 5) is 20.9. The van der Waals surface area contributed by atoms with Crippen molar-refractivity contribution in [3.63, 3.8) is 0 Å². The average Bonchev–Trinajstić information content (AvgIpc) is 3.65. The fourth-order valence-electron chi connectivity index (χ4n) is 6.13. The monoisotopic (exact) mass is 495 g/mol. The van der Waals surface area contributed by atoms with Crippen LogP contribution >= 0.6 is 0 Å². The number of nitrogens with zero attached hydrogens (tertiary/aromatic N) is 7. The fourth-order valence-corrected chi connectivity index (χ4v) is 6.13. The van der Waals surface area contributed by atoms with Gasteiger partial charge in [-0.15, -0.1) is 0 Å². The van der Waals surface area contributed by atoms with Gasteiger partial charge in [0.05, 0.1) is 35.0 Å². The molecular weight excluding hydrogens is 469 g/mol. The number of hydrogen-bond donors (Lipinski definition) is 0. The predicted molar refractivity (Wildman–Crippen MR) is 140 cm³/mol. The molecule has 0 spiro atoms. The molecule has 5 heterocycles. The van der Waals surface area contributed by atoms with Gasteiger partial charge < -0.3 is 9.80 Å². The third kappa shape index (κ3) is 3.33. The maximum atomic E-state index is 14.6. The van der Waals surface area contributed by atoms with Gasteiger partial charge in [-0.3, -0.25) is 9.48 Å². The molecule has 2 aromatic carbocycles. The Balaban J connectivity index is 1.31. The molecule has 3 aromatic heterocycles. The molecule has 2 fully saturated rings. The number of piperazine rings is 1. The van der Waals surface area contributed by atoms with Gasteiger partial charge in [0.1, 0.15) is 17.3 Å². The molecule has 2 aliphatic rings. The summed E-state index contributed by atoms with van der Waals surface area (Å²) in [6, 6.07) is 13.7. The molecule has 9 heteroatoms. The zero-order valence-corrected chi connectivity index (χ0v) is 20.9. The van der Waals surface area contributed by atoms with Gasteiger partial charge in [-0.25, -0.2) is 14.1 Å². The molecule has 2 bridgehead atoms. The lowest BCUT2D eigenvalue weighted by Gasteiger charge is -2.34. The molecule has 0 aliphatic carbocycles. The van der Waals surface area contributed by atoms with Gasteiger partial charge in [0.2, 0.25) is 5.91 Å². The van der Waals surface area contributed by atoms with E-state index in [9.17, 15) is 9.18 Å². The minimum Gasteiger partial charge on any atom is -0.350 e. The van der Waals surface area contributed by atoms with Crippen LogP contribution in [0.4, 0.5) is 10.2 Å². The first-order valence-electron chi connectivity index (χ1n) is 12.5. The second-order valence-electron chi connectivity index (χ2n) is 10.2. The quantitative estimate of drug-likeness (QED) is 0.375. The summed E-state index contributed by atoms with van der Waals surface area (Å²) in [5, 5.41) is 11.2. The summed E-state index contributed by atoms with van der Waals surface area (Å²) in [7, 11) is 1.83. The van der Waals surface area contributed by atoms with E-state index in [0.717, 1.165) is 52.9 Å². The van der Waals surface area contributed by atoms with Gasteiger partial charge in [0, 0.05) is 55.7 Å². The van der Waals surface area contributed by atoms with Gasteiger partial charge in [-0.2, -0.15) is 10.2 Å². The smallest absolute Gasteiger partial charge is 0.219 e. The minimum atomic E-state index is -0.342. The number of anilines is 1. The minimum absolute atomic E-state index is 0.147. The Morgan fingerprint density at radius 1 is 1.05 bits per heavy atom.